The van der Waals surface area contributed by atoms with Gasteiger partial charge in [-0.25, -0.2) is 4.90 Å². The number of allylic oxidation sites excluding steroid dienone is 2. The smallest absolute Gasteiger partial charge is 0.238 e. The zero-order chi connectivity index (χ0) is 16.7. The number of carbonyl (C=O) groups is 2. The van der Waals surface area contributed by atoms with Crippen molar-refractivity contribution in [1.82, 2.24) is 0 Å². The number of amides is 2. The summed E-state index contributed by atoms with van der Waals surface area (Å²) in [4.78, 5) is 27.3. The lowest BCUT2D eigenvalue weighted by Gasteiger charge is -2.17. The molecular weight excluding hydrogens is 314 g/mol. The molecule has 2 fully saturated rings. The van der Waals surface area contributed by atoms with Crippen molar-refractivity contribution in [3.05, 3.63) is 54.6 Å². The number of imide groups is 1. The third-order valence-corrected chi connectivity index (χ3v) is 6.09. The highest BCUT2D eigenvalue weighted by atomic mass is 16.3. The van der Waals surface area contributed by atoms with Crippen molar-refractivity contribution >= 4 is 39.4 Å². The number of para-hydroxylation sites is 1. The molecule has 2 bridgehead atoms. The van der Waals surface area contributed by atoms with E-state index in [0.717, 1.165) is 22.8 Å². The first-order valence-electron chi connectivity index (χ1n) is 8.70. The molecule has 3 aliphatic rings. The van der Waals surface area contributed by atoms with Crippen molar-refractivity contribution in [2.45, 2.75) is 6.42 Å². The summed E-state index contributed by atoms with van der Waals surface area (Å²) in [6, 6.07) is 13.5. The van der Waals surface area contributed by atoms with Gasteiger partial charge in [0.2, 0.25) is 11.8 Å². The molecule has 4 nitrogen and oxygen atoms in total. The first-order valence-corrected chi connectivity index (χ1v) is 8.70. The van der Waals surface area contributed by atoms with Crippen LogP contribution in [0.1, 0.15) is 6.42 Å². The average Bonchev–Trinajstić information content (AvgIpc) is 3.36. The first-order chi connectivity index (χ1) is 12.2. The molecule has 2 aliphatic carbocycles. The molecule has 0 radical (unpaired) electrons. The second-order valence-electron chi connectivity index (χ2n) is 7.29. The van der Waals surface area contributed by atoms with Gasteiger partial charge in [-0.2, -0.15) is 0 Å². The minimum Gasteiger partial charge on any atom is -0.456 e. The van der Waals surface area contributed by atoms with E-state index in [-0.39, 0.29) is 35.5 Å². The van der Waals surface area contributed by atoms with Crippen molar-refractivity contribution in [3.63, 3.8) is 0 Å². The van der Waals surface area contributed by atoms with E-state index in [4.69, 9.17) is 4.42 Å². The standard InChI is InChI=1S/C21H15NO3/c23-20-18-11-5-6-12(9-11)19(18)21(24)22(20)13-7-8-15-14-3-1-2-4-16(14)25-17(15)10-13/h1-8,10-12,18-19H,9H2/t11-,12+,18-,19?/m1/s1. The lowest BCUT2D eigenvalue weighted by molar-refractivity contribution is -0.123. The lowest BCUT2D eigenvalue weighted by atomic mass is 9.85. The summed E-state index contributed by atoms with van der Waals surface area (Å²) < 4.78 is 5.91. The van der Waals surface area contributed by atoms with Gasteiger partial charge in [0.25, 0.3) is 0 Å². The number of fused-ring (bicyclic) bond motifs is 8. The van der Waals surface area contributed by atoms with Crippen molar-refractivity contribution in [3.8, 4) is 0 Å². The van der Waals surface area contributed by atoms with E-state index in [1.807, 2.05) is 42.5 Å². The summed E-state index contributed by atoms with van der Waals surface area (Å²) in [6.45, 7) is 0. The van der Waals surface area contributed by atoms with Gasteiger partial charge in [0, 0.05) is 16.8 Å². The number of anilines is 1. The Morgan fingerprint density at radius 3 is 2.28 bits per heavy atom. The zero-order valence-corrected chi connectivity index (χ0v) is 13.4. The quantitative estimate of drug-likeness (QED) is 0.502. The van der Waals surface area contributed by atoms with Crippen LogP contribution in [0.4, 0.5) is 5.69 Å². The van der Waals surface area contributed by atoms with Crippen LogP contribution in [-0.2, 0) is 9.59 Å². The van der Waals surface area contributed by atoms with Crippen LogP contribution in [0.25, 0.3) is 21.9 Å². The summed E-state index contributed by atoms with van der Waals surface area (Å²) >= 11 is 0. The molecule has 1 saturated carbocycles. The highest BCUT2D eigenvalue weighted by Crippen LogP contribution is 2.53. The van der Waals surface area contributed by atoms with E-state index in [1.54, 1.807) is 0 Å². The number of rotatable bonds is 1. The Balaban J connectivity index is 1.48. The van der Waals surface area contributed by atoms with Gasteiger partial charge in [-0.1, -0.05) is 30.4 Å². The molecule has 122 valence electrons. The molecule has 6 rings (SSSR count). The average molecular weight is 329 g/mol. The molecule has 1 saturated heterocycles. The summed E-state index contributed by atoms with van der Waals surface area (Å²) in [5.74, 6) is 0.00475. The summed E-state index contributed by atoms with van der Waals surface area (Å²) in [5, 5.41) is 2.04. The third-order valence-electron chi connectivity index (χ3n) is 6.09. The van der Waals surface area contributed by atoms with Crippen LogP contribution in [0.15, 0.2) is 59.0 Å². The largest absolute Gasteiger partial charge is 0.456 e. The van der Waals surface area contributed by atoms with Crippen LogP contribution >= 0.6 is 0 Å². The van der Waals surface area contributed by atoms with Crippen molar-refractivity contribution in [2.75, 3.05) is 4.90 Å². The van der Waals surface area contributed by atoms with Gasteiger partial charge in [-0.05, 0) is 36.5 Å². The summed E-state index contributed by atoms with van der Waals surface area (Å²) in [5.41, 5.74) is 2.14. The topological polar surface area (TPSA) is 50.5 Å². The number of carbonyl (C=O) groups excluding carboxylic acids is 2. The Morgan fingerprint density at radius 2 is 1.52 bits per heavy atom. The van der Waals surface area contributed by atoms with Gasteiger partial charge >= 0.3 is 0 Å². The van der Waals surface area contributed by atoms with E-state index in [2.05, 4.69) is 12.2 Å². The molecule has 4 atom stereocenters. The predicted molar refractivity (Wildman–Crippen MR) is 93.9 cm³/mol. The van der Waals surface area contributed by atoms with Crippen molar-refractivity contribution < 1.29 is 14.0 Å². The molecule has 2 heterocycles. The fraction of sp³-hybridized carbons (Fsp3) is 0.238. The number of furan rings is 1. The van der Waals surface area contributed by atoms with Crippen LogP contribution in [0.5, 0.6) is 0 Å². The van der Waals surface area contributed by atoms with Crippen LogP contribution in [0.3, 0.4) is 0 Å². The molecule has 25 heavy (non-hydrogen) atoms. The molecule has 2 amide bonds. The summed E-state index contributed by atoms with van der Waals surface area (Å²) in [7, 11) is 0. The monoisotopic (exact) mass is 329 g/mol. The van der Waals surface area contributed by atoms with Gasteiger partial charge in [0.1, 0.15) is 11.2 Å². The van der Waals surface area contributed by atoms with Gasteiger partial charge in [0.15, 0.2) is 0 Å². The molecular formula is C21H15NO3. The minimum atomic E-state index is -0.172. The zero-order valence-electron chi connectivity index (χ0n) is 13.4. The van der Waals surface area contributed by atoms with Crippen LogP contribution in [-0.4, -0.2) is 11.8 Å². The fourth-order valence-corrected chi connectivity index (χ4v) is 5.01. The third kappa shape index (κ3) is 1.57. The molecule has 1 aromatic heterocycles. The second-order valence-corrected chi connectivity index (χ2v) is 7.29. The Morgan fingerprint density at radius 1 is 0.840 bits per heavy atom. The molecule has 1 unspecified atom stereocenters. The van der Waals surface area contributed by atoms with E-state index in [1.165, 1.54) is 4.90 Å². The van der Waals surface area contributed by atoms with Crippen LogP contribution < -0.4 is 4.90 Å². The number of benzene rings is 2. The SMILES string of the molecule is O=C1C2[C@H]3C=C[C@H](C3)[C@H]2C(=O)N1c1ccc2c(c1)oc1ccccc12. The van der Waals surface area contributed by atoms with Crippen molar-refractivity contribution in [2.24, 2.45) is 23.7 Å². The first kappa shape index (κ1) is 13.4. The second kappa shape index (κ2) is 4.39. The molecule has 0 N–H and O–H groups in total. The van der Waals surface area contributed by atoms with Gasteiger partial charge in [-0.15, -0.1) is 0 Å². The van der Waals surface area contributed by atoms with E-state index in [9.17, 15) is 9.59 Å². The van der Waals surface area contributed by atoms with Crippen molar-refractivity contribution in [1.29, 1.82) is 0 Å². The molecule has 1 aliphatic heterocycles. The lowest BCUT2D eigenvalue weighted by Crippen LogP contribution is -2.32. The van der Waals surface area contributed by atoms with Gasteiger partial charge in [-0.3, -0.25) is 9.59 Å². The Kier molecular flexibility index (Phi) is 2.36. The highest BCUT2D eigenvalue weighted by molar-refractivity contribution is 6.23. The molecule has 2 aromatic carbocycles. The van der Waals surface area contributed by atoms with Crippen LogP contribution in [0.2, 0.25) is 0 Å². The highest BCUT2D eigenvalue weighted by Gasteiger charge is 2.59. The van der Waals surface area contributed by atoms with E-state index < -0.39 is 0 Å². The Hall–Kier alpha value is -2.88. The number of hydrogen-bond acceptors (Lipinski definition) is 3. The number of hydrogen-bond donors (Lipinski definition) is 0. The predicted octanol–water partition coefficient (Wildman–Crippen LogP) is 3.90. The minimum absolute atomic E-state index is 0.0534. The maximum absolute atomic E-state index is 12.9. The normalized spacial score (nSPS) is 30.2. The Bertz CT molecular complexity index is 1080. The molecule has 0 spiro atoms. The Labute approximate surface area is 143 Å². The maximum Gasteiger partial charge on any atom is 0.238 e. The van der Waals surface area contributed by atoms with E-state index >= 15 is 0 Å². The van der Waals surface area contributed by atoms with Gasteiger partial charge in [0.05, 0.1) is 17.5 Å². The van der Waals surface area contributed by atoms with Crippen LogP contribution in [0, 0.1) is 23.7 Å². The maximum atomic E-state index is 12.9. The van der Waals surface area contributed by atoms with E-state index in [0.29, 0.717) is 11.3 Å². The summed E-state index contributed by atoms with van der Waals surface area (Å²) in [6.07, 6.45) is 5.18. The molecule has 4 heteroatoms. The van der Waals surface area contributed by atoms with Gasteiger partial charge < -0.3 is 4.42 Å². The molecule has 3 aromatic rings. The number of nitrogens with zero attached hydrogens (tertiary/aromatic N) is 1. The fourth-order valence-electron chi connectivity index (χ4n) is 5.01.